The number of carbonyl (C=O) groups excluding carboxylic acids is 1. The molecule has 1 amide bonds. The van der Waals surface area contributed by atoms with Crippen molar-refractivity contribution in [1.82, 2.24) is 15.3 Å². The van der Waals surface area contributed by atoms with Gasteiger partial charge in [0.25, 0.3) is 5.91 Å². The van der Waals surface area contributed by atoms with Crippen LogP contribution in [0.1, 0.15) is 15.9 Å². The summed E-state index contributed by atoms with van der Waals surface area (Å²) >= 11 is 0. The molecule has 5 heteroatoms. The minimum atomic E-state index is -0.625. The number of carbonyl (C=O) groups is 1. The average molecular weight is 231 g/mol. The predicted molar refractivity (Wildman–Crippen MR) is 59.6 cm³/mol. The average Bonchev–Trinajstić information content (AvgIpc) is 2.38. The zero-order valence-corrected chi connectivity index (χ0v) is 8.93. The Hall–Kier alpha value is -2.30. The lowest BCUT2D eigenvalue weighted by Crippen LogP contribution is -2.23. The van der Waals surface area contributed by atoms with E-state index in [1.54, 1.807) is 24.5 Å². The molecule has 2 rings (SSSR count). The van der Waals surface area contributed by atoms with Crippen molar-refractivity contribution in [3.8, 4) is 0 Å². The van der Waals surface area contributed by atoms with Gasteiger partial charge in [-0.1, -0.05) is 0 Å². The van der Waals surface area contributed by atoms with Crippen LogP contribution in [-0.4, -0.2) is 15.9 Å². The van der Waals surface area contributed by atoms with Crippen LogP contribution in [-0.2, 0) is 6.54 Å². The molecule has 1 N–H and O–H groups in total. The molecule has 0 aliphatic rings. The van der Waals surface area contributed by atoms with Gasteiger partial charge in [-0.05, 0) is 23.8 Å². The second-order valence-corrected chi connectivity index (χ2v) is 3.39. The Morgan fingerprint density at radius 2 is 1.88 bits per heavy atom. The summed E-state index contributed by atoms with van der Waals surface area (Å²) in [5.41, 5.74) is 0.900. The Kier molecular flexibility index (Phi) is 3.40. The van der Waals surface area contributed by atoms with E-state index in [1.165, 1.54) is 12.3 Å². The Labute approximate surface area is 97.5 Å². The first kappa shape index (κ1) is 11.2. The van der Waals surface area contributed by atoms with Crippen LogP contribution in [0.4, 0.5) is 4.39 Å². The topological polar surface area (TPSA) is 54.9 Å². The Morgan fingerprint density at radius 3 is 2.59 bits per heavy atom. The molecule has 0 saturated carbocycles. The minimum absolute atomic E-state index is 0.00550. The van der Waals surface area contributed by atoms with Crippen molar-refractivity contribution in [1.29, 1.82) is 0 Å². The molecule has 0 spiro atoms. The Morgan fingerprint density at radius 1 is 1.18 bits per heavy atom. The van der Waals surface area contributed by atoms with Gasteiger partial charge < -0.3 is 5.32 Å². The summed E-state index contributed by atoms with van der Waals surface area (Å²) in [4.78, 5) is 19.1. The number of aromatic nitrogens is 2. The normalized spacial score (nSPS) is 9.94. The highest BCUT2D eigenvalue weighted by Crippen LogP contribution is 2.04. The van der Waals surface area contributed by atoms with Crippen LogP contribution < -0.4 is 5.32 Å². The van der Waals surface area contributed by atoms with Gasteiger partial charge >= 0.3 is 0 Å². The SMILES string of the molecule is O=C(NCc1ccncc1)c1ccncc1F. The van der Waals surface area contributed by atoms with Crippen LogP contribution in [0.5, 0.6) is 0 Å². The molecule has 0 radical (unpaired) electrons. The summed E-state index contributed by atoms with van der Waals surface area (Å²) in [5.74, 6) is -1.08. The number of hydrogen-bond acceptors (Lipinski definition) is 3. The third-order valence-corrected chi connectivity index (χ3v) is 2.22. The predicted octanol–water partition coefficient (Wildman–Crippen LogP) is 1.55. The number of amides is 1. The van der Waals surface area contributed by atoms with E-state index >= 15 is 0 Å². The maximum Gasteiger partial charge on any atom is 0.254 e. The van der Waals surface area contributed by atoms with E-state index in [-0.39, 0.29) is 5.56 Å². The van der Waals surface area contributed by atoms with Crippen LogP contribution in [0.3, 0.4) is 0 Å². The third kappa shape index (κ3) is 2.84. The van der Waals surface area contributed by atoms with E-state index in [0.717, 1.165) is 11.8 Å². The molecular formula is C12H10FN3O. The van der Waals surface area contributed by atoms with Crippen molar-refractivity contribution in [3.05, 3.63) is 59.9 Å². The van der Waals surface area contributed by atoms with E-state index < -0.39 is 11.7 Å². The van der Waals surface area contributed by atoms with Gasteiger partial charge in [0.15, 0.2) is 5.82 Å². The molecule has 2 aromatic heterocycles. The molecule has 0 atom stereocenters. The molecule has 0 saturated heterocycles. The van der Waals surface area contributed by atoms with Crippen molar-refractivity contribution < 1.29 is 9.18 Å². The molecule has 2 aromatic rings. The summed E-state index contributed by atoms with van der Waals surface area (Å²) in [6.07, 6.45) is 5.66. The number of rotatable bonds is 3. The molecular weight excluding hydrogens is 221 g/mol. The summed E-state index contributed by atoms with van der Waals surface area (Å²) in [7, 11) is 0. The maximum atomic E-state index is 13.2. The molecule has 86 valence electrons. The van der Waals surface area contributed by atoms with Crippen LogP contribution in [0.2, 0.25) is 0 Å². The van der Waals surface area contributed by atoms with E-state index in [2.05, 4.69) is 15.3 Å². The molecule has 4 nitrogen and oxygen atoms in total. The zero-order valence-electron chi connectivity index (χ0n) is 8.93. The summed E-state index contributed by atoms with van der Waals surface area (Å²) in [6.45, 7) is 0.336. The fourth-order valence-corrected chi connectivity index (χ4v) is 1.34. The van der Waals surface area contributed by atoms with Gasteiger partial charge in [0, 0.05) is 25.1 Å². The maximum absolute atomic E-state index is 13.2. The molecule has 0 aliphatic heterocycles. The highest BCUT2D eigenvalue weighted by Gasteiger charge is 2.10. The first-order valence-corrected chi connectivity index (χ1v) is 5.04. The largest absolute Gasteiger partial charge is 0.348 e. The van der Waals surface area contributed by atoms with E-state index in [4.69, 9.17) is 0 Å². The smallest absolute Gasteiger partial charge is 0.254 e. The molecule has 17 heavy (non-hydrogen) atoms. The van der Waals surface area contributed by atoms with Gasteiger partial charge in [0.05, 0.1) is 11.8 Å². The summed E-state index contributed by atoms with van der Waals surface area (Å²) in [5, 5.41) is 2.62. The van der Waals surface area contributed by atoms with Crippen molar-refractivity contribution in [3.63, 3.8) is 0 Å². The molecule has 2 heterocycles. The highest BCUT2D eigenvalue weighted by atomic mass is 19.1. The molecule has 0 fully saturated rings. The number of nitrogens with zero attached hydrogens (tertiary/aromatic N) is 2. The third-order valence-electron chi connectivity index (χ3n) is 2.22. The number of nitrogens with one attached hydrogen (secondary N) is 1. The first-order chi connectivity index (χ1) is 8.27. The van der Waals surface area contributed by atoms with Crippen molar-refractivity contribution in [2.45, 2.75) is 6.54 Å². The van der Waals surface area contributed by atoms with Gasteiger partial charge in [-0.25, -0.2) is 4.39 Å². The van der Waals surface area contributed by atoms with Gasteiger partial charge in [-0.2, -0.15) is 0 Å². The first-order valence-electron chi connectivity index (χ1n) is 5.04. The van der Waals surface area contributed by atoms with Crippen molar-refractivity contribution >= 4 is 5.91 Å². The number of halogens is 1. The Bertz CT molecular complexity index is 516. The lowest BCUT2D eigenvalue weighted by Gasteiger charge is -2.05. The van der Waals surface area contributed by atoms with Crippen LogP contribution in [0, 0.1) is 5.82 Å². The Balaban J connectivity index is 2.01. The van der Waals surface area contributed by atoms with E-state index in [0.29, 0.717) is 6.54 Å². The van der Waals surface area contributed by atoms with E-state index in [9.17, 15) is 9.18 Å². The molecule has 0 aromatic carbocycles. The summed E-state index contributed by atoms with van der Waals surface area (Å²) < 4.78 is 13.2. The van der Waals surface area contributed by atoms with Gasteiger partial charge in [0.2, 0.25) is 0 Å². The minimum Gasteiger partial charge on any atom is -0.348 e. The zero-order chi connectivity index (χ0) is 12.1. The number of hydrogen-bond donors (Lipinski definition) is 1. The fourth-order valence-electron chi connectivity index (χ4n) is 1.34. The summed E-state index contributed by atoms with van der Waals surface area (Å²) in [6, 6.07) is 4.91. The second-order valence-electron chi connectivity index (χ2n) is 3.39. The quantitative estimate of drug-likeness (QED) is 0.871. The van der Waals surface area contributed by atoms with Gasteiger partial charge in [-0.3, -0.25) is 14.8 Å². The lowest BCUT2D eigenvalue weighted by molar-refractivity contribution is 0.0946. The standard InChI is InChI=1S/C12H10FN3O/c13-11-8-15-6-3-10(11)12(17)16-7-9-1-4-14-5-2-9/h1-6,8H,7H2,(H,16,17). The molecule has 0 aliphatic carbocycles. The number of pyridine rings is 2. The van der Waals surface area contributed by atoms with Gasteiger partial charge in [0.1, 0.15) is 0 Å². The van der Waals surface area contributed by atoms with Gasteiger partial charge in [-0.15, -0.1) is 0 Å². The highest BCUT2D eigenvalue weighted by molar-refractivity contribution is 5.94. The fraction of sp³-hybridized carbons (Fsp3) is 0.0833. The lowest BCUT2D eigenvalue weighted by atomic mass is 10.2. The van der Waals surface area contributed by atoms with Crippen LogP contribution in [0.25, 0.3) is 0 Å². The molecule has 0 unspecified atom stereocenters. The van der Waals surface area contributed by atoms with Crippen LogP contribution in [0.15, 0.2) is 43.0 Å². The molecule has 0 bridgehead atoms. The van der Waals surface area contributed by atoms with Crippen molar-refractivity contribution in [2.24, 2.45) is 0 Å². The van der Waals surface area contributed by atoms with E-state index in [1.807, 2.05) is 0 Å². The van der Waals surface area contributed by atoms with Crippen molar-refractivity contribution in [2.75, 3.05) is 0 Å². The second kappa shape index (κ2) is 5.16. The monoisotopic (exact) mass is 231 g/mol. The van der Waals surface area contributed by atoms with Crippen LogP contribution >= 0.6 is 0 Å².